The van der Waals surface area contributed by atoms with E-state index in [1.807, 2.05) is 0 Å². The molecule has 0 saturated heterocycles. The lowest BCUT2D eigenvalue weighted by Crippen LogP contribution is -2.40. The molecule has 0 aromatic heterocycles. The molecular weight excluding hydrogens is 292 g/mol. The fourth-order valence-electron chi connectivity index (χ4n) is 6.69. The average molecular weight is 320 g/mol. The van der Waals surface area contributed by atoms with Gasteiger partial charge in [0.15, 0.2) is 0 Å². The summed E-state index contributed by atoms with van der Waals surface area (Å²) in [4.78, 5) is 0. The van der Waals surface area contributed by atoms with Gasteiger partial charge in [-0.1, -0.05) is 68.1 Å². The highest BCUT2D eigenvalue weighted by atomic mass is 16.3. The number of fused-ring (bicyclic) bond motifs is 4. The van der Waals surface area contributed by atoms with Gasteiger partial charge < -0.3 is 5.11 Å². The molecule has 0 bridgehead atoms. The molecule has 3 saturated carbocycles. The Hall–Kier alpha value is -1.34. The third kappa shape index (κ3) is 1.97. The predicted octanol–water partition coefficient (Wildman–Crippen LogP) is 5.65. The van der Waals surface area contributed by atoms with Gasteiger partial charge in [0.2, 0.25) is 0 Å². The Morgan fingerprint density at radius 3 is 2.00 bits per heavy atom. The van der Waals surface area contributed by atoms with Gasteiger partial charge in [0, 0.05) is 0 Å². The van der Waals surface area contributed by atoms with E-state index in [1.54, 1.807) is 0 Å². The highest BCUT2D eigenvalue weighted by Crippen LogP contribution is 2.63. The van der Waals surface area contributed by atoms with E-state index in [-0.39, 0.29) is 0 Å². The van der Waals surface area contributed by atoms with Crippen LogP contribution in [0.4, 0.5) is 0 Å². The van der Waals surface area contributed by atoms with Crippen LogP contribution in [-0.2, 0) is 5.60 Å². The van der Waals surface area contributed by atoms with Crippen LogP contribution in [0, 0.1) is 23.7 Å². The molecule has 0 heterocycles. The van der Waals surface area contributed by atoms with Crippen molar-refractivity contribution in [1.82, 2.24) is 0 Å². The van der Waals surface area contributed by atoms with Crippen LogP contribution in [-0.4, -0.2) is 5.11 Å². The Morgan fingerprint density at radius 1 is 0.708 bits per heavy atom. The number of hydrogen-bond donors (Lipinski definition) is 1. The minimum absolute atomic E-state index is 0.477. The second-order valence-corrected chi connectivity index (χ2v) is 8.46. The Labute approximate surface area is 145 Å². The molecule has 3 aliphatic rings. The van der Waals surface area contributed by atoms with Gasteiger partial charge in [-0.05, 0) is 65.7 Å². The highest BCUT2D eigenvalue weighted by Gasteiger charge is 2.60. The summed E-state index contributed by atoms with van der Waals surface area (Å²) in [7, 11) is 0. The molecule has 126 valence electrons. The molecular formula is C23H28O. The molecule has 0 radical (unpaired) electrons. The summed E-state index contributed by atoms with van der Waals surface area (Å²) < 4.78 is 0. The van der Waals surface area contributed by atoms with Crippen LogP contribution in [0.25, 0.3) is 10.8 Å². The second-order valence-electron chi connectivity index (χ2n) is 8.46. The standard InChI is InChI=1S/C23H28O/c24-23(20-15-7-9-16-8-1-2-10-17(16)20)21-13-5-3-11-18(21)19-12-4-6-14-22(19)23/h1-2,7-10,15,18-19,21-22,24H,3-6,11-14H2/t18-,19-,21+,22+/m1/s1. The topological polar surface area (TPSA) is 20.2 Å². The van der Waals surface area contributed by atoms with Crippen molar-refractivity contribution in [2.75, 3.05) is 0 Å². The van der Waals surface area contributed by atoms with Crippen LogP contribution in [0.2, 0.25) is 0 Å². The van der Waals surface area contributed by atoms with Crippen LogP contribution in [0.15, 0.2) is 42.5 Å². The van der Waals surface area contributed by atoms with E-state index in [1.165, 1.54) is 67.7 Å². The Morgan fingerprint density at radius 2 is 1.29 bits per heavy atom. The average Bonchev–Trinajstić information content (AvgIpc) is 2.92. The van der Waals surface area contributed by atoms with Crippen molar-refractivity contribution in [3.63, 3.8) is 0 Å². The largest absolute Gasteiger partial charge is 0.385 e. The first-order chi connectivity index (χ1) is 11.8. The Kier molecular flexibility index (Phi) is 3.49. The lowest BCUT2D eigenvalue weighted by molar-refractivity contribution is -0.0638. The van der Waals surface area contributed by atoms with Crippen LogP contribution in [0.1, 0.15) is 56.9 Å². The predicted molar refractivity (Wildman–Crippen MR) is 98.7 cm³/mol. The van der Waals surface area contributed by atoms with Gasteiger partial charge in [-0.3, -0.25) is 0 Å². The summed E-state index contributed by atoms with van der Waals surface area (Å²) in [6.45, 7) is 0. The highest BCUT2D eigenvalue weighted by molar-refractivity contribution is 5.86. The zero-order valence-electron chi connectivity index (χ0n) is 14.5. The van der Waals surface area contributed by atoms with Crippen LogP contribution < -0.4 is 0 Å². The lowest BCUT2D eigenvalue weighted by Gasteiger charge is -2.40. The summed E-state index contributed by atoms with van der Waals surface area (Å²) in [5, 5.41) is 14.8. The maximum atomic E-state index is 12.3. The zero-order chi connectivity index (χ0) is 16.1. The van der Waals surface area contributed by atoms with E-state index in [0.717, 1.165) is 11.8 Å². The van der Waals surface area contributed by atoms with Crippen molar-refractivity contribution < 1.29 is 5.11 Å². The summed E-state index contributed by atoms with van der Waals surface area (Å²) in [5.74, 6) is 2.47. The molecule has 1 nitrogen and oxygen atoms in total. The Bertz CT molecular complexity index is 721. The van der Waals surface area contributed by atoms with Gasteiger partial charge in [0.05, 0.1) is 5.60 Å². The van der Waals surface area contributed by atoms with Gasteiger partial charge in [0.1, 0.15) is 0 Å². The van der Waals surface area contributed by atoms with E-state index in [9.17, 15) is 5.11 Å². The molecule has 2 aromatic carbocycles. The van der Waals surface area contributed by atoms with Gasteiger partial charge in [-0.25, -0.2) is 0 Å². The molecule has 1 N–H and O–H groups in total. The molecule has 0 amide bonds. The summed E-state index contributed by atoms with van der Waals surface area (Å²) in [6, 6.07) is 15.2. The minimum Gasteiger partial charge on any atom is -0.385 e. The fourth-order valence-corrected chi connectivity index (χ4v) is 6.69. The normalized spacial score (nSPS) is 34.7. The molecule has 1 heteroatoms. The SMILES string of the molecule is OC1(c2cccc3ccccc23)[C@H]2CCCC[C@@H]2[C@H]2CCCC[C@@H]21. The first-order valence-electron chi connectivity index (χ1n) is 10.0. The first kappa shape index (κ1) is 15.0. The molecule has 2 aromatic rings. The summed E-state index contributed by atoms with van der Waals surface area (Å²) in [5.41, 5.74) is 0.628. The molecule has 0 spiro atoms. The van der Waals surface area contributed by atoms with Crippen molar-refractivity contribution in [3.8, 4) is 0 Å². The van der Waals surface area contributed by atoms with E-state index in [2.05, 4.69) is 42.5 Å². The van der Waals surface area contributed by atoms with E-state index in [0.29, 0.717) is 11.8 Å². The quantitative estimate of drug-likeness (QED) is 0.719. The molecule has 24 heavy (non-hydrogen) atoms. The van der Waals surface area contributed by atoms with E-state index in [4.69, 9.17) is 0 Å². The molecule has 3 aliphatic carbocycles. The zero-order valence-corrected chi connectivity index (χ0v) is 14.5. The number of rotatable bonds is 1. The second kappa shape index (κ2) is 5.59. The number of benzene rings is 2. The molecule has 3 fully saturated rings. The number of aliphatic hydroxyl groups is 1. The maximum absolute atomic E-state index is 12.3. The van der Waals surface area contributed by atoms with Gasteiger partial charge >= 0.3 is 0 Å². The maximum Gasteiger partial charge on any atom is 0.0964 e. The molecule has 4 atom stereocenters. The van der Waals surface area contributed by atoms with Crippen molar-refractivity contribution in [3.05, 3.63) is 48.0 Å². The van der Waals surface area contributed by atoms with Crippen LogP contribution in [0.5, 0.6) is 0 Å². The van der Waals surface area contributed by atoms with Crippen molar-refractivity contribution in [2.24, 2.45) is 23.7 Å². The number of hydrogen-bond acceptors (Lipinski definition) is 1. The van der Waals surface area contributed by atoms with Crippen molar-refractivity contribution in [1.29, 1.82) is 0 Å². The van der Waals surface area contributed by atoms with Gasteiger partial charge in [-0.15, -0.1) is 0 Å². The summed E-state index contributed by atoms with van der Waals surface area (Å²) in [6.07, 6.45) is 10.5. The molecule has 0 aliphatic heterocycles. The van der Waals surface area contributed by atoms with Crippen LogP contribution in [0.3, 0.4) is 0 Å². The van der Waals surface area contributed by atoms with Crippen molar-refractivity contribution >= 4 is 10.8 Å². The van der Waals surface area contributed by atoms with Crippen molar-refractivity contribution in [2.45, 2.75) is 57.0 Å². The molecule has 0 unspecified atom stereocenters. The third-order valence-electron chi connectivity index (χ3n) is 7.54. The molecule has 5 rings (SSSR count). The van der Waals surface area contributed by atoms with E-state index < -0.39 is 5.60 Å². The van der Waals surface area contributed by atoms with Gasteiger partial charge in [-0.2, -0.15) is 0 Å². The summed E-state index contributed by atoms with van der Waals surface area (Å²) >= 11 is 0. The fraction of sp³-hybridized carbons (Fsp3) is 0.565. The Balaban J connectivity index is 1.71. The smallest absolute Gasteiger partial charge is 0.0964 e. The minimum atomic E-state index is -0.600. The lowest BCUT2D eigenvalue weighted by atomic mass is 9.69. The van der Waals surface area contributed by atoms with Crippen LogP contribution >= 0.6 is 0 Å². The van der Waals surface area contributed by atoms with Gasteiger partial charge in [0.25, 0.3) is 0 Å². The third-order valence-corrected chi connectivity index (χ3v) is 7.54. The first-order valence-corrected chi connectivity index (χ1v) is 10.0. The monoisotopic (exact) mass is 320 g/mol. The van der Waals surface area contributed by atoms with E-state index >= 15 is 0 Å².